The molecule has 0 spiro atoms. The number of nitrogens with two attached hydrogens (primary N) is 1. The van der Waals surface area contributed by atoms with E-state index in [1.54, 1.807) is 18.2 Å². The highest BCUT2D eigenvalue weighted by Crippen LogP contribution is 2.28. The summed E-state index contributed by atoms with van der Waals surface area (Å²) in [6, 6.07) is 14.3. The number of carbonyl (C=O) groups excluding carboxylic acids is 1. The molecule has 0 radical (unpaired) electrons. The average molecular weight is 387 g/mol. The fraction of sp³-hybridized carbons (Fsp3) is 0.381. The molecule has 0 bridgehead atoms. The zero-order chi connectivity index (χ0) is 19.6. The predicted octanol–water partition coefficient (Wildman–Crippen LogP) is 2.73. The highest BCUT2D eigenvalue weighted by molar-refractivity contribution is 7.90. The van der Waals surface area contributed by atoms with E-state index < -0.39 is 15.9 Å². The molecule has 27 heavy (non-hydrogen) atoms. The monoisotopic (exact) mass is 386 g/mol. The van der Waals surface area contributed by atoms with E-state index in [9.17, 15) is 13.2 Å². The molecular weight excluding hydrogens is 360 g/mol. The molecule has 144 valence electrons. The van der Waals surface area contributed by atoms with E-state index in [0.717, 1.165) is 29.5 Å². The van der Waals surface area contributed by atoms with Gasteiger partial charge in [-0.15, -0.1) is 0 Å². The standard InChI is InChI=1S/C21H26N2O3S/c1-14-6-8-15(9-7-14)20(23-21(24)17-10-11-18(22)12-17)16-4-3-5-19(13-16)27(2,25)26/h3-9,13,17-18,20H,10-12,22H2,1-2H3,(H,23,24). The summed E-state index contributed by atoms with van der Waals surface area (Å²) < 4.78 is 23.9. The summed E-state index contributed by atoms with van der Waals surface area (Å²) >= 11 is 0. The van der Waals surface area contributed by atoms with Crippen LogP contribution in [0.1, 0.15) is 42.0 Å². The van der Waals surface area contributed by atoms with E-state index in [1.165, 1.54) is 6.26 Å². The van der Waals surface area contributed by atoms with Crippen molar-refractivity contribution >= 4 is 15.7 Å². The summed E-state index contributed by atoms with van der Waals surface area (Å²) in [4.78, 5) is 13.1. The lowest BCUT2D eigenvalue weighted by atomic mass is 9.96. The molecular formula is C21H26N2O3S. The highest BCUT2D eigenvalue weighted by Gasteiger charge is 2.30. The fourth-order valence-electron chi connectivity index (χ4n) is 3.56. The largest absolute Gasteiger partial charge is 0.345 e. The molecule has 0 heterocycles. The molecule has 6 heteroatoms. The maximum Gasteiger partial charge on any atom is 0.223 e. The Bertz CT molecular complexity index is 923. The second-order valence-electron chi connectivity index (χ2n) is 7.47. The molecule has 1 fully saturated rings. The molecule has 2 aromatic carbocycles. The van der Waals surface area contributed by atoms with Crippen LogP contribution in [0, 0.1) is 12.8 Å². The van der Waals surface area contributed by atoms with Gasteiger partial charge >= 0.3 is 0 Å². The van der Waals surface area contributed by atoms with Gasteiger partial charge in [0.2, 0.25) is 5.91 Å². The van der Waals surface area contributed by atoms with Gasteiger partial charge in [-0.05, 0) is 49.4 Å². The minimum Gasteiger partial charge on any atom is -0.345 e. The highest BCUT2D eigenvalue weighted by atomic mass is 32.2. The van der Waals surface area contributed by atoms with E-state index in [1.807, 2.05) is 37.3 Å². The average Bonchev–Trinajstić information content (AvgIpc) is 3.06. The summed E-state index contributed by atoms with van der Waals surface area (Å²) in [7, 11) is -3.33. The summed E-state index contributed by atoms with van der Waals surface area (Å²) in [6.45, 7) is 2.00. The molecule has 3 N–H and O–H groups in total. The second kappa shape index (κ2) is 7.82. The second-order valence-corrected chi connectivity index (χ2v) is 9.48. The number of sulfone groups is 1. The van der Waals surface area contributed by atoms with E-state index in [4.69, 9.17) is 5.73 Å². The number of hydrogen-bond donors (Lipinski definition) is 2. The van der Waals surface area contributed by atoms with Crippen LogP contribution in [-0.4, -0.2) is 26.6 Å². The van der Waals surface area contributed by atoms with Crippen molar-refractivity contribution in [2.75, 3.05) is 6.26 Å². The van der Waals surface area contributed by atoms with Crippen LogP contribution in [0.4, 0.5) is 0 Å². The van der Waals surface area contributed by atoms with Crippen molar-refractivity contribution in [3.05, 3.63) is 65.2 Å². The molecule has 2 aromatic rings. The van der Waals surface area contributed by atoms with Crippen molar-refractivity contribution in [2.45, 2.75) is 43.2 Å². The van der Waals surface area contributed by atoms with Crippen LogP contribution in [0.2, 0.25) is 0 Å². The van der Waals surface area contributed by atoms with Crippen LogP contribution in [-0.2, 0) is 14.6 Å². The molecule has 3 unspecified atom stereocenters. The number of aryl methyl sites for hydroxylation is 1. The topological polar surface area (TPSA) is 89.3 Å². The van der Waals surface area contributed by atoms with E-state index in [2.05, 4.69) is 5.32 Å². The van der Waals surface area contributed by atoms with Crippen LogP contribution in [0.15, 0.2) is 53.4 Å². The fourth-order valence-corrected chi connectivity index (χ4v) is 4.23. The molecule has 1 saturated carbocycles. The van der Waals surface area contributed by atoms with Crippen molar-refractivity contribution in [1.29, 1.82) is 0 Å². The van der Waals surface area contributed by atoms with Crippen molar-refractivity contribution < 1.29 is 13.2 Å². The van der Waals surface area contributed by atoms with Gasteiger partial charge in [0.1, 0.15) is 0 Å². The maximum atomic E-state index is 12.8. The van der Waals surface area contributed by atoms with Gasteiger partial charge in [0.05, 0.1) is 10.9 Å². The zero-order valence-corrected chi connectivity index (χ0v) is 16.5. The first-order valence-electron chi connectivity index (χ1n) is 9.16. The Balaban J connectivity index is 1.95. The molecule has 1 amide bonds. The third-order valence-electron chi connectivity index (χ3n) is 5.16. The number of nitrogens with one attached hydrogen (secondary N) is 1. The third kappa shape index (κ3) is 4.76. The maximum absolute atomic E-state index is 12.8. The number of carbonyl (C=O) groups is 1. The van der Waals surface area contributed by atoms with Crippen LogP contribution >= 0.6 is 0 Å². The number of hydrogen-bond acceptors (Lipinski definition) is 4. The Hall–Kier alpha value is -2.18. The van der Waals surface area contributed by atoms with Gasteiger partial charge < -0.3 is 11.1 Å². The Morgan fingerprint density at radius 3 is 2.41 bits per heavy atom. The molecule has 5 nitrogen and oxygen atoms in total. The minimum absolute atomic E-state index is 0.0294. The third-order valence-corrected chi connectivity index (χ3v) is 6.27. The van der Waals surface area contributed by atoms with E-state index >= 15 is 0 Å². The lowest BCUT2D eigenvalue weighted by molar-refractivity contribution is -0.125. The molecule has 0 saturated heterocycles. The first-order chi connectivity index (χ1) is 12.7. The Labute approximate surface area is 160 Å². The summed E-state index contributed by atoms with van der Waals surface area (Å²) in [5, 5.41) is 3.12. The number of amides is 1. The van der Waals surface area contributed by atoms with Crippen molar-refractivity contribution in [3.8, 4) is 0 Å². The van der Waals surface area contributed by atoms with Crippen molar-refractivity contribution in [3.63, 3.8) is 0 Å². The van der Waals surface area contributed by atoms with Crippen molar-refractivity contribution in [1.82, 2.24) is 5.32 Å². The van der Waals surface area contributed by atoms with Crippen LogP contribution in [0.25, 0.3) is 0 Å². The SMILES string of the molecule is Cc1ccc(C(NC(=O)C2CCC(N)C2)c2cccc(S(C)(=O)=O)c2)cc1. The summed E-state index contributed by atoms with van der Waals surface area (Å²) in [5.41, 5.74) is 8.74. The lowest BCUT2D eigenvalue weighted by Crippen LogP contribution is -2.34. The van der Waals surface area contributed by atoms with Gasteiger partial charge in [0.25, 0.3) is 0 Å². The smallest absolute Gasteiger partial charge is 0.223 e. The molecule has 0 aliphatic heterocycles. The Morgan fingerprint density at radius 2 is 1.81 bits per heavy atom. The van der Waals surface area contributed by atoms with Gasteiger partial charge in [-0.25, -0.2) is 8.42 Å². The first-order valence-corrected chi connectivity index (χ1v) is 11.1. The van der Waals surface area contributed by atoms with E-state index in [0.29, 0.717) is 6.42 Å². The molecule has 1 aliphatic carbocycles. The molecule has 1 aliphatic rings. The van der Waals surface area contributed by atoms with Crippen molar-refractivity contribution in [2.24, 2.45) is 11.7 Å². The number of benzene rings is 2. The Morgan fingerprint density at radius 1 is 1.11 bits per heavy atom. The van der Waals surface area contributed by atoms with Gasteiger partial charge in [-0.2, -0.15) is 0 Å². The predicted molar refractivity (Wildman–Crippen MR) is 106 cm³/mol. The molecule has 0 aromatic heterocycles. The first kappa shape index (κ1) is 19.6. The zero-order valence-electron chi connectivity index (χ0n) is 15.7. The Kier molecular flexibility index (Phi) is 5.67. The van der Waals surface area contributed by atoms with Gasteiger partial charge in [0, 0.05) is 18.2 Å². The molecule has 3 rings (SSSR count). The summed E-state index contributed by atoms with van der Waals surface area (Å²) in [5.74, 6) is -0.121. The quantitative estimate of drug-likeness (QED) is 0.827. The van der Waals surface area contributed by atoms with Crippen LogP contribution in [0.3, 0.4) is 0 Å². The minimum atomic E-state index is -3.33. The lowest BCUT2D eigenvalue weighted by Gasteiger charge is -2.22. The van der Waals surface area contributed by atoms with Gasteiger partial charge in [-0.3, -0.25) is 4.79 Å². The molecule has 3 atom stereocenters. The normalized spacial score (nSPS) is 21.0. The van der Waals surface area contributed by atoms with Crippen LogP contribution < -0.4 is 11.1 Å². The number of rotatable bonds is 5. The van der Waals surface area contributed by atoms with Crippen LogP contribution in [0.5, 0.6) is 0 Å². The van der Waals surface area contributed by atoms with Gasteiger partial charge in [0.15, 0.2) is 9.84 Å². The van der Waals surface area contributed by atoms with Gasteiger partial charge in [-0.1, -0.05) is 42.0 Å². The van der Waals surface area contributed by atoms with E-state index in [-0.39, 0.29) is 22.8 Å². The summed E-state index contributed by atoms with van der Waals surface area (Å²) in [6.07, 6.45) is 3.52.